The van der Waals surface area contributed by atoms with Gasteiger partial charge in [-0.15, -0.1) is 0 Å². The quantitative estimate of drug-likeness (QED) is 0.257. The molecule has 3 heteroatoms. The molecule has 0 bridgehead atoms. The standard InChI is InChI=1S/C29H37.C19H22.C5H5.2ClH.Hf/c1-21-14-13-15-22-20-27(6)25(4)18-10-9-16-23(25,2)24(3)17-11-12-19-26(24,5)29(27,8)28(21,22)7;1-14(2)18-9-5-16(6-10-18)13-17-7-11-19(12-8-17)15(3)4;1-2-4-5-3-1;;;/h9-20,22H,1-8H3;5-12,14-15H,1-4H3;1-3H,4H2;2*1H;/q;;;;;+2/p-2. The Morgan fingerprint density at radius 1 is 0.589 bits per heavy atom. The SMILES string of the molecule is CC1=CC=CC2[CH]([Hf+2]([C]3=CC=CC3)=[C](c3ccc(C(C)C)cc3)c3ccc(C(C)C)cc3)C3(C)C4(C)C=CC=CC4(C)C4(C)C=CC=CC4(C)C3(C)C12C.[Cl-].[Cl-]. The number of hydrogen-bond donors (Lipinski definition) is 0. The molecule has 0 aromatic heterocycles. The Morgan fingerprint density at radius 3 is 1.52 bits per heavy atom. The summed E-state index contributed by atoms with van der Waals surface area (Å²) in [6.07, 6.45) is 36.4. The number of fused-ring (bicyclic) bond motifs is 8. The second kappa shape index (κ2) is 14.4. The van der Waals surface area contributed by atoms with E-state index in [9.17, 15) is 0 Å². The van der Waals surface area contributed by atoms with E-state index in [1.54, 1.807) is 12.2 Å². The summed E-state index contributed by atoms with van der Waals surface area (Å²) in [6, 6.07) is 19.8. The third-order valence-electron chi connectivity index (χ3n) is 17.9. The normalized spacial score (nSPS) is 38.1. The van der Waals surface area contributed by atoms with Crippen LogP contribution in [-0.4, -0.2) is 3.26 Å². The maximum atomic E-state index is 2.83. The van der Waals surface area contributed by atoms with Gasteiger partial charge in [-0.2, -0.15) is 0 Å². The third-order valence-corrected chi connectivity index (χ3v) is 31.4. The number of allylic oxidation sites excluding steroid dienone is 16. The van der Waals surface area contributed by atoms with Gasteiger partial charge in [0.25, 0.3) is 0 Å². The molecule has 2 fully saturated rings. The van der Waals surface area contributed by atoms with Crippen LogP contribution in [0, 0.1) is 43.8 Å². The summed E-state index contributed by atoms with van der Waals surface area (Å²) >= 11 is -3.27. The number of halogens is 2. The zero-order valence-corrected chi connectivity index (χ0v) is 41.1. The Labute approximate surface area is 360 Å². The van der Waals surface area contributed by atoms with Gasteiger partial charge in [0, 0.05) is 0 Å². The summed E-state index contributed by atoms with van der Waals surface area (Å²) < 4.78 is 3.99. The summed E-state index contributed by atoms with van der Waals surface area (Å²) in [6.45, 7) is 30.8. The van der Waals surface area contributed by atoms with Gasteiger partial charge in [-0.25, -0.2) is 0 Å². The first-order valence-corrected chi connectivity index (χ1v) is 26.6. The van der Waals surface area contributed by atoms with Gasteiger partial charge in [0.2, 0.25) is 0 Å². The summed E-state index contributed by atoms with van der Waals surface area (Å²) in [4.78, 5) is 0. The Morgan fingerprint density at radius 2 is 1.05 bits per heavy atom. The van der Waals surface area contributed by atoms with Gasteiger partial charge < -0.3 is 24.8 Å². The molecule has 0 nitrogen and oxygen atoms in total. The molecule has 56 heavy (non-hydrogen) atoms. The molecule has 0 N–H and O–H groups in total. The predicted octanol–water partition coefficient (Wildman–Crippen LogP) is 8.22. The van der Waals surface area contributed by atoms with E-state index < -0.39 is 21.0 Å². The van der Waals surface area contributed by atoms with Crippen molar-refractivity contribution in [3.63, 3.8) is 0 Å². The molecule has 2 aromatic rings. The zero-order valence-electron chi connectivity index (χ0n) is 36.0. The van der Waals surface area contributed by atoms with Crippen molar-refractivity contribution < 1.29 is 45.8 Å². The summed E-state index contributed by atoms with van der Waals surface area (Å²) in [7, 11) is 0. The van der Waals surface area contributed by atoms with Gasteiger partial charge >= 0.3 is 338 Å². The summed E-state index contributed by atoms with van der Waals surface area (Å²) in [5.74, 6) is 1.43. The van der Waals surface area contributed by atoms with Crippen LogP contribution >= 0.6 is 0 Å². The first kappa shape index (κ1) is 43.3. The van der Waals surface area contributed by atoms with E-state index in [0.29, 0.717) is 21.4 Å². The molecule has 0 saturated heterocycles. The van der Waals surface area contributed by atoms with Crippen LogP contribution in [0.3, 0.4) is 0 Å². The molecule has 0 radical (unpaired) electrons. The van der Waals surface area contributed by atoms with E-state index in [2.05, 4.69) is 217 Å². The monoisotopic (exact) mass is 950 g/mol. The Balaban J connectivity index is 0.00000266. The van der Waals surface area contributed by atoms with Gasteiger partial charge in [0.15, 0.2) is 0 Å². The molecule has 0 heterocycles. The van der Waals surface area contributed by atoms with Crippen LogP contribution in [0.2, 0.25) is 3.67 Å². The van der Waals surface area contributed by atoms with E-state index >= 15 is 0 Å². The van der Waals surface area contributed by atoms with E-state index in [1.165, 1.54) is 22.3 Å². The minimum Gasteiger partial charge on any atom is -1.00 e. The van der Waals surface area contributed by atoms with Crippen LogP contribution in [0.1, 0.15) is 124 Å². The molecular formula is C53H64Cl2Hf. The van der Waals surface area contributed by atoms with E-state index in [1.807, 2.05) is 0 Å². The second-order valence-electron chi connectivity index (χ2n) is 19.7. The molecule has 2 aromatic carbocycles. The molecule has 0 spiro atoms. The Kier molecular flexibility index (Phi) is 11.2. The largest absolute Gasteiger partial charge is 1.00 e. The predicted molar refractivity (Wildman–Crippen MR) is 230 cm³/mol. The van der Waals surface area contributed by atoms with Crippen LogP contribution in [-0.2, 0) is 21.0 Å². The fraction of sp³-hybridized carbons (Fsp3) is 0.453. The van der Waals surface area contributed by atoms with Crippen molar-refractivity contribution in [2.24, 2.45) is 43.8 Å². The van der Waals surface area contributed by atoms with Gasteiger partial charge in [-0.05, 0) is 0 Å². The van der Waals surface area contributed by atoms with Crippen molar-refractivity contribution >= 4 is 3.26 Å². The first-order chi connectivity index (χ1) is 25.5. The number of benzene rings is 2. The minimum absolute atomic E-state index is 0. The molecule has 9 unspecified atom stereocenters. The Hall–Kier alpha value is -2.32. The zero-order chi connectivity index (χ0) is 38.7. The first-order valence-electron chi connectivity index (χ1n) is 20.9. The second-order valence-corrected chi connectivity index (χ2v) is 29.0. The van der Waals surface area contributed by atoms with Crippen molar-refractivity contribution in [3.8, 4) is 0 Å². The van der Waals surface area contributed by atoms with Crippen molar-refractivity contribution in [2.75, 3.05) is 0 Å². The molecule has 2 saturated carbocycles. The van der Waals surface area contributed by atoms with Crippen LogP contribution in [0.5, 0.6) is 0 Å². The average molecular weight is 950 g/mol. The molecule has 294 valence electrons. The topological polar surface area (TPSA) is 0 Å². The van der Waals surface area contributed by atoms with Gasteiger partial charge in [-0.1, -0.05) is 0 Å². The van der Waals surface area contributed by atoms with E-state index in [4.69, 9.17) is 0 Å². The third kappa shape index (κ3) is 5.08. The molecular weight excluding hydrogens is 886 g/mol. The minimum atomic E-state index is -3.27. The Bertz CT molecular complexity index is 2120. The van der Waals surface area contributed by atoms with Crippen molar-refractivity contribution in [3.05, 3.63) is 165 Å². The fourth-order valence-corrected chi connectivity index (χ4v) is 30.4. The molecule has 9 atom stereocenters. The van der Waals surface area contributed by atoms with E-state index in [-0.39, 0.29) is 62.7 Å². The smallest absolute Gasteiger partial charge is 1.00 e. The van der Waals surface area contributed by atoms with Crippen LogP contribution in [0.25, 0.3) is 0 Å². The maximum Gasteiger partial charge on any atom is -1.00 e. The van der Waals surface area contributed by atoms with Crippen LogP contribution in [0.4, 0.5) is 0 Å². The average Bonchev–Trinajstić information content (AvgIpc) is 3.74. The molecule has 8 rings (SSSR count). The van der Waals surface area contributed by atoms with Gasteiger partial charge in [-0.3, -0.25) is 0 Å². The van der Waals surface area contributed by atoms with E-state index in [0.717, 1.165) is 6.42 Å². The number of hydrogen-bond acceptors (Lipinski definition) is 0. The van der Waals surface area contributed by atoms with Crippen molar-refractivity contribution in [1.29, 1.82) is 0 Å². The van der Waals surface area contributed by atoms with Crippen LogP contribution < -0.4 is 24.8 Å². The summed E-state index contributed by atoms with van der Waals surface area (Å²) in [5, 5.41) is 0. The maximum absolute atomic E-state index is 3.27. The molecule has 6 aliphatic rings. The fourth-order valence-electron chi connectivity index (χ4n) is 13.9. The summed E-state index contributed by atoms with van der Waals surface area (Å²) in [5.41, 5.74) is 6.64. The van der Waals surface area contributed by atoms with Gasteiger partial charge in [0.1, 0.15) is 0 Å². The van der Waals surface area contributed by atoms with Gasteiger partial charge in [0.05, 0.1) is 0 Å². The molecule has 0 aliphatic heterocycles. The molecule has 6 aliphatic carbocycles. The van der Waals surface area contributed by atoms with Crippen LogP contribution in [0.15, 0.2) is 142 Å². The van der Waals surface area contributed by atoms with Crippen molar-refractivity contribution in [2.45, 2.75) is 105 Å². The number of rotatable bonds is 6. The van der Waals surface area contributed by atoms with Crippen molar-refractivity contribution in [1.82, 2.24) is 0 Å². The molecule has 0 amide bonds.